The van der Waals surface area contributed by atoms with Crippen molar-refractivity contribution in [3.63, 3.8) is 0 Å². The lowest BCUT2D eigenvalue weighted by Gasteiger charge is -2.11. The quantitative estimate of drug-likeness (QED) is 0.837. The highest BCUT2D eigenvalue weighted by molar-refractivity contribution is 7.71. The fraction of sp³-hybridized carbons (Fsp3) is 0.333. The second-order valence-electron chi connectivity index (χ2n) is 4.11. The lowest BCUT2D eigenvalue weighted by molar-refractivity contribution is 0.386. The molecule has 0 spiro atoms. The number of hydrogen-bond donors (Lipinski definition) is 2. The predicted octanol–water partition coefficient (Wildman–Crippen LogP) is 2.96. The van der Waals surface area contributed by atoms with Crippen molar-refractivity contribution in [2.75, 3.05) is 7.11 Å². The van der Waals surface area contributed by atoms with E-state index in [0.717, 1.165) is 11.4 Å². The molecule has 2 rings (SSSR count). The Hall–Kier alpha value is -1.69. The summed E-state index contributed by atoms with van der Waals surface area (Å²) in [7, 11) is 1.45. The molecule has 0 radical (unpaired) electrons. The molecule has 6 heteroatoms. The number of aromatic nitrogens is 3. The van der Waals surface area contributed by atoms with Crippen LogP contribution < -0.4 is 4.74 Å². The first-order chi connectivity index (χ1) is 8.60. The fourth-order valence-electron chi connectivity index (χ4n) is 1.80. The highest BCUT2D eigenvalue weighted by atomic mass is 32.1. The van der Waals surface area contributed by atoms with Gasteiger partial charge < -0.3 is 4.74 Å². The Labute approximate surface area is 109 Å². The smallest absolute Gasteiger partial charge is 0.213 e. The molecule has 0 amide bonds. The molecule has 96 valence electrons. The first kappa shape index (κ1) is 12.8. The van der Waals surface area contributed by atoms with Gasteiger partial charge in [0, 0.05) is 6.42 Å². The third-order valence-electron chi connectivity index (χ3n) is 2.79. The van der Waals surface area contributed by atoms with Crippen LogP contribution in [-0.4, -0.2) is 22.3 Å². The van der Waals surface area contributed by atoms with E-state index >= 15 is 0 Å². The molecule has 4 nitrogen and oxygen atoms in total. The molecule has 0 saturated heterocycles. The van der Waals surface area contributed by atoms with Gasteiger partial charge >= 0.3 is 0 Å². The van der Waals surface area contributed by atoms with Gasteiger partial charge in [-0.3, -0.25) is 10.2 Å². The van der Waals surface area contributed by atoms with E-state index in [1.54, 1.807) is 6.07 Å². The molecule has 1 heterocycles. The molecular weight excluding hydrogens is 253 g/mol. The fourth-order valence-corrected chi connectivity index (χ4v) is 1.96. The van der Waals surface area contributed by atoms with Crippen LogP contribution in [0.4, 0.5) is 4.39 Å². The first-order valence-electron chi connectivity index (χ1n) is 5.57. The summed E-state index contributed by atoms with van der Waals surface area (Å²) < 4.78 is 18.9. The molecule has 18 heavy (non-hydrogen) atoms. The number of methoxy groups -OCH3 is 1. The zero-order chi connectivity index (χ0) is 13.1. The van der Waals surface area contributed by atoms with Gasteiger partial charge in [-0.2, -0.15) is 0 Å². The molecule has 1 aromatic carbocycles. The molecule has 0 bridgehead atoms. The van der Waals surface area contributed by atoms with E-state index in [1.807, 2.05) is 13.0 Å². The number of nitrogens with zero attached hydrogens (tertiary/aromatic N) is 1. The third-order valence-corrected chi connectivity index (χ3v) is 2.99. The average Bonchev–Trinajstić information content (AvgIpc) is 2.74. The van der Waals surface area contributed by atoms with Gasteiger partial charge in [-0.05, 0) is 35.8 Å². The van der Waals surface area contributed by atoms with Gasteiger partial charge in [-0.1, -0.05) is 13.0 Å². The maximum absolute atomic E-state index is 13.6. The lowest BCUT2D eigenvalue weighted by atomic mass is 9.97. The summed E-state index contributed by atoms with van der Waals surface area (Å²) in [6.07, 6.45) is 0.666. The van der Waals surface area contributed by atoms with Gasteiger partial charge in [0.25, 0.3) is 0 Å². The second-order valence-corrected chi connectivity index (χ2v) is 4.50. The second kappa shape index (κ2) is 5.30. The van der Waals surface area contributed by atoms with Crippen LogP contribution in [0, 0.1) is 10.6 Å². The summed E-state index contributed by atoms with van der Waals surface area (Å²) in [5, 5.41) is 5.62. The average molecular weight is 267 g/mol. The molecule has 0 aliphatic heterocycles. The minimum absolute atomic E-state index is 0.138. The summed E-state index contributed by atoms with van der Waals surface area (Å²) >= 11 is 4.88. The van der Waals surface area contributed by atoms with Crippen molar-refractivity contribution in [3.05, 3.63) is 40.2 Å². The highest BCUT2D eigenvalue weighted by Gasteiger charge is 2.11. The van der Waals surface area contributed by atoms with Gasteiger partial charge in [-0.25, -0.2) is 9.37 Å². The van der Waals surface area contributed by atoms with E-state index in [0.29, 0.717) is 11.2 Å². The maximum atomic E-state index is 13.6. The molecule has 0 aliphatic rings. The summed E-state index contributed by atoms with van der Waals surface area (Å²) in [6, 6.07) is 4.98. The van der Waals surface area contributed by atoms with E-state index in [9.17, 15) is 4.39 Å². The minimum atomic E-state index is -0.350. The topological polar surface area (TPSA) is 53.7 Å². The number of hydrogen-bond acceptors (Lipinski definition) is 3. The summed E-state index contributed by atoms with van der Waals surface area (Å²) in [5.74, 6) is 0.810. The molecule has 2 N–H and O–H groups in total. The van der Waals surface area contributed by atoms with Gasteiger partial charge in [0.05, 0.1) is 7.11 Å². The lowest BCUT2D eigenvalue weighted by Crippen LogP contribution is -2.01. The van der Waals surface area contributed by atoms with Crippen LogP contribution in [0.3, 0.4) is 0 Å². The molecule has 1 atom stereocenters. The summed E-state index contributed by atoms with van der Waals surface area (Å²) in [5.41, 5.74) is 0.899. The number of H-pyrrole nitrogens is 2. The Balaban J connectivity index is 2.16. The number of rotatable bonds is 4. The van der Waals surface area contributed by atoms with Crippen molar-refractivity contribution in [3.8, 4) is 5.75 Å². The van der Waals surface area contributed by atoms with Crippen LogP contribution in [0.15, 0.2) is 18.2 Å². The van der Waals surface area contributed by atoms with Crippen LogP contribution in [-0.2, 0) is 6.42 Å². The zero-order valence-electron chi connectivity index (χ0n) is 10.2. The Kier molecular flexibility index (Phi) is 3.76. The molecule has 0 fully saturated rings. The number of benzene rings is 1. The number of ether oxygens (including phenoxy) is 1. The first-order valence-corrected chi connectivity index (χ1v) is 5.98. The number of halogens is 1. The Morgan fingerprint density at radius 2 is 2.22 bits per heavy atom. The van der Waals surface area contributed by atoms with Crippen LogP contribution >= 0.6 is 12.2 Å². The Bertz CT molecular complexity index is 593. The van der Waals surface area contributed by atoms with E-state index < -0.39 is 0 Å². The van der Waals surface area contributed by atoms with E-state index in [1.165, 1.54) is 13.2 Å². The van der Waals surface area contributed by atoms with Crippen molar-refractivity contribution < 1.29 is 9.13 Å². The van der Waals surface area contributed by atoms with Crippen molar-refractivity contribution >= 4 is 12.2 Å². The Morgan fingerprint density at radius 1 is 1.44 bits per heavy atom. The molecular formula is C12H14FN3OS. The molecule has 1 aromatic heterocycles. The van der Waals surface area contributed by atoms with E-state index in [4.69, 9.17) is 17.0 Å². The van der Waals surface area contributed by atoms with Gasteiger partial charge in [0.2, 0.25) is 4.77 Å². The van der Waals surface area contributed by atoms with E-state index in [-0.39, 0.29) is 17.5 Å². The standard InChI is InChI=1S/C12H14FN3OS/c1-7(5-11-14-12(18)16-15-11)8-3-4-10(17-2)9(13)6-8/h3-4,6-7H,5H2,1-2H3,(H2,14,15,16,18). The maximum Gasteiger partial charge on any atom is 0.213 e. The highest BCUT2D eigenvalue weighted by Crippen LogP contribution is 2.24. The van der Waals surface area contributed by atoms with Crippen molar-refractivity contribution in [2.45, 2.75) is 19.3 Å². The molecule has 1 unspecified atom stereocenters. The normalized spacial score (nSPS) is 12.4. The van der Waals surface area contributed by atoms with E-state index in [2.05, 4.69) is 15.2 Å². The van der Waals surface area contributed by atoms with Gasteiger partial charge in [-0.15, -0.1) is 0 Å². The largest absolute Gasteiger partial charge is 0.494 e. The van der Waals surface area contributed by atoms with Gasteiger partial charge in [0.1, 0.15) is 5.82 Å². The monoisotopic (exact) mass is 267 g/mol. The number of aromatic amines is 2. The van der Waals surface area contributed by atoms with Gasteiger partial charge in [0.15, 0.2) is 11.6 Å². The van der Waals surface area contributed by atoms with Crippen LogP contribution in [0.5, 0.6) is 5.75 Å². The third kappa shape index (κ3) is 2.76. The SMILES string of the molecule is COc1ccc(C(C)Cc2nc(=S)[nH][nH]2)cc1F. The van der Waals surface area contributed by atoms with Crippen LogP contribution in [0.2, 0.25) is 0 Å². The predicted molar refractivity (Wildman–Crippen MR) is 68.8 cm³/mol. The minimum Gasteiger partial charge on any atom is -0.494 e. The molecule has 2 aromatic rings. The van der Waals surface area contributed by atoms with Crippen LogP contribution in [0.25, 0.3) is 0 Å². The molecule has 0 saturated carbocycles. The van der Waals surface area contributed by atoms with Crippen molar-refractivity contribution in [1.82, 2.24) is 15.2 Å². The molecule has 0 aliphatic carbocycles. The number of nitrogens with one attached hydrogen (secondary N) is 2. The van der Waals surface area contributed by atoms with Crippen molar-refractivity contribution in [1.29, 1.82) is 0 Å². The van der Waals surface area contributed by atoms with Crippen molar-refractivity contribution in [2.24, 2.45) is 0 Å². The summed E-state index contributed by atoms with van der Waals surface area (Å²) in [4.78, 5) is 4.12. The van der Waals surface area contributed by atoms with Crippen LogP contribution in [0.1, 0.15) is 24.2 Å². The zero-order valence-corrected chi connectivity index (χ0v) is 11.0. The summed E-state index contributed by atoms with van der Waals surface area (Å²) in [6.45, 7) is 2.01. The Morgan fingerprint density at radius 3 is 2.78 bits per heavy atom.